The van der Waals surface area contributed by atoms with Gasteiger partial charge in [0.2, 0.25) is 0 Å². The third kappa shape index (κ3) is 3.14. The van der Waals surface area contributed by atoms with Crippen LogP contribution in [0.15, 0.2) is 52.2 Å². The Balaban J connectivity index is 1.97. The summed E-state index contributed by atoms with van der Waals surface area (Å²) in [4.78, 5) is 20.4. The van der Waals surface area contributed by atoms with Crippen LogP contribution in [-0.4, -0.2) is 9.97 Å². The molecule has 6 heteroatoms. The fourth-order valence-electron chi connectivity index (χ4n) is 2.11. The summed E-state index contributed by atoms with van der Waals surface area (Å²) in [5.74, 6) is 0.616. The van der Waals surface area contributed by atoms with Crippen LogP contribution in [-0.2, 0) is 0 Å². The molecule has 1 heterocycles. The monoisotopic (exact) mass is 350 g/mol. The Bertz CT molecular complexity index is 895. The predicted molar refractivity (Wildman–Crippen MR) is 93.1 cm³/mol. The molecule has 0 aliphatic rings. The lowest BCUT2D eigenvalue weighted by molar-refractivity contribution is 0.923. The number of rotatable bonds is 3. The van der Waals surface area contributed by atoms with Gasteiger partial charge in [-0.25, -0.2) is 4.98 Å². The van der Waals surface area contributed by atoms with Crippen LogP contribution in [0, 0.1) is 0 Å². The second-order valence-electron chi connectivity index (χ2n) is 4.80. The highest BCUT2D eigenvalue weighted by Crippen LogP contribution is 2.38. The number of nitrogens with zero attached hydrogens (tertiary/aromatic N) is 1. The summed E-state index contributed by atoms with van der Waals surface area (Å²) in [6.45, 7) is 1.97. The van der Waals surface area contributed by atoms with Crippen LogP contribution in [0.4, 0.5) is 0 Å². The zero-order valence-corrected chi connectivity index (χ0v) is 14.0. The number of aromatic amines is 1. The molecule has 1 atom stereocenters. The molecule has 1 unspecified atom stereocenters. The maximum Gasteiger partial charge on any atom is 0.258 e. The fourth-order valence-corrected chi connectivity index (χ4v) is 3.58. The van der Waals surface area contributed by atoms with Gasteiger partial charge in [0.05, 0.1) is 21.2 Å². The maximum absolute atomic E-state index is 12.1. The summed E-state index contributed by atoms with van der Waals surface area (Å²) in [7, 11) is 0. The van der Waals surface area contributed by atoms with Gasteiger partial charge in [-0.1, -0.05) is 35.3 Å². The molecule has 0 bridgehead atoms. The predicted octanol–water partition coefficient (Wildman–Crippen LogP) is 5.08. The van der Waals surface area contributed by atoms with E-state index in [1.807, 2.05) is 31.2 Å². The molecular formula is C16H12Cl2N2OS. The van der Waals surface area contributed by atoms with Crippen molar-refractivity contribution in [3.05, 3.63) is 68.7 Å². The summed E-state index contributed by atoms with van der Waals surface area (Å²) in [6.07, 6.45) is 0. The minimum absolute atomic E-state index is 0.0618. The summed E-state index contributed by atoms with van der Waals surface area (Å²) in [5.41, 5.74) is 0.552. The molecule has 0 saturated heterocycles. The Labute approximate surface area is 141 Å². The molecule has 0 aliphatic carbocycles. The normalized spacial score (nSPS) is 12.5. The van der Waals surface area contributed by atoms with Gasteiger partial charge < -0.3 is 4.98 Å². The molecule has 1 aromatic heterocycles. The standard InChI is InChI=1S/C16H12Cl2N2OS/c1-9(22-14-8-10(17)6-7-12(14)18)15-19-13-5-3-2-4-11(13)16(21)20-15/h2-9H,1H3,(H,19,20,21). The number of hydrogen-bond acceptors (Lipinski definition) is 3. The average molecular weight is 351 g/mol. The molecule has 0 saturated carbocycles. The van der Waals surface area contributed by atoms with Gasteiger partial charge in [-0.05, 0) is 37.3 Å². The Morgan fingerprint density at radius 1 is 1.18 bits per heavy atom. The second-order valence-corrected chi connectivity index (χ2v) is 7.03. The van der Waals surface area contributed by atoms with Crippen LogP contribution < -0.4 is 5.56 Å². The second kappa shape index (κ2) is 6.32. The molecule has 22 heavy (non-hydrogen) atoms. The highest BCUT2D eigenvalue weighted by atomic mass is 35.5. The van der Waals surface area contributed by atoms with E-state index in [2.05, 4.69) is 9.97 Å². The van der Waals surface area contributed by atoms with Crippen LogP contribution >= 0.6 is 35.0 Å². The van der Waals surface area contributed by atoms with Gasteiger partial charge in [0.1, 0.15) is 5.82 Å². The lowest BCUT2D eigenvalue weighted by Crippen LogP contribution is -2.12. The van der Waals surface area contributed by atoms with E-state index in [0.29, 0.717) is 26.8 Å². The molecule has 0 radical (unpaired) electrons. The van der Waals surface area contributed by atoms with E-state index in [0.717, 1.165) is 4.90 Å². The molecule has 0 amide bonds. The Kier molecular flexibility index (Phi) is 4.43. The Morgan fingerprint density at radius 3 is 2.77 bits per heavy atom. The van der Waals surface area contributed by atoms with E-state index in [1.54, 1.807) is 18.2 Å². The average Bonchev–Trinajstić information content (AvgIpc) is 2.51. The third-order valence-corrected chi connectivity index (χ3v) is 5.06. The molecule has 2 aromatic carbocycles. The van der Waals surface area contributed by atoms with E-state index in [1.165, 1.54) is 11.8 Å². The third-order valence-electron chi connectivity index (χ3n) is 3.21. The molecule has 0 fully saturated rings. The minimum Gasteiger partial charge on any atom is -0.309 e. The van der Waals surface area contributed by atoms with Crippen LogP contribution in [0.3, 0.4) is 0 Å². The Morgan fingerprint density at radius 2 is 1.95 bits per heavy atom. The number of thioether (sulfide) groups is 1. The van der Waals surface area contributed by atoms with Crippen molar-refractivity contribution in [1.82, 2.24) is 9.97 Å². The highest BCUT2D eigenvalue weighted by Gasteiger charge is 2.14. The SMILES string of the molecule is CC(Sc1cc(Cl)ccc1Cl)c1nc2ccccc2c(=O)[nH]1. The molecule has 0 spiro atoms. The van der Waals surface area contributed by atoms with E-state index in [4.69, 9.17) is 23.2 Å². The number of halogens is 2. The van der Waals surface area contributed by atoms with Gasteiger partial charge in [0, 0.05) is 9.92 Å². The molecule has 3 nitrogen and oxygen atoms in total. The molecule has 0 aliphatic heterocycles. The van der Waals surface area contributed by atoms with Crippen molar-refractivity contribution in [2.75, 3.05) is 0 Å². The molecule has 3 rings (SSSR count). The van der Waals surface area contributed by atoms with Crippen LogP contribution in [0.25, 0.3) is 10.9 Å². The summed E-state index contributed by atoms with van der Waals surface area (Å²) in [5, 5.41) is 1.78. The quantitative estimate of drug-likeness (QED) is 0.669. The largest absolute Gasteiger partial charge is 0.309 e. The van der Waals surface area contributed by atoms with Gasteiger partial charge in [-0.15, -0.1) is 11.8 Å². The van der Waals surface area contributed by atoms with Crippen LogP contribution in [0.2, 0.25) is 10.0 Å². The number of benzene rings is 2. The molecule has 1 N–H and O–H groups in total. The number of hydrogen-bond donors (Lipinski definition) is 1. The van der Waals surface area contributed by atoms with Gasteiger partial charge in [-0.3, -0.25) is 4.79 Å². The Hall–Kier alpha value is -1.49. The van der Waals surface area contributed by atoms with Gasteiger partial charge in [0.15, 0.2) is 0 Å². The minimum atomic E-state index is -0.134. The van der Waals surface area contributed by atoms with Crippen molar-refractivity contribution in [3.8, 4) is 0 Å². The zero-order chi connectivity index (χ0) is 15.7. The number of H-pyrrole nitrogens is 1. The smallest absolute Gasteiger partial charge is 0.258 e. The van der Waals surface area contributed by atoms with Crippen LogP contribution in [0.5, 0.6) is 0 Å². The van der Waals surface area contributed by atoms with Crippen LogP contribution in [0.1, 0.15) is 18.0 Å². The molecule has 3 aromatic rings. The van der Waals surface area contributed by atoms with Crippen molar-refractivity contribution in [2.45, 2.75) is 17.1 Å². The molecular weight excluding hydrogens is 339 g/mol. The molecule has 112 valence electrons. The van der Waals surface area contributed by atoms with Gasteiger partial charge in [0.25, 0.3) is 5.56 Å². The summed E-state index contributed by atoms with van der Waals surface area (Å²) < 4.78 is 0. The van der Waals surface area contributed by atoms with Crippen molar-refractivity contribution >= 4 is 45.9 Å². The number of para-hydroxylation sites is 1. The van der Waals surface area contributed by atoms with Crippen molar-refractivity contribution in [3.63, 3.8) is 0 Å². The zero-order valence-electron chi connectivity index (χ0n) is 11.6. The van der Waals surface area contributed by atoms with E-state index < -0.39 is 0 Å². The van der Waals surface area contributed by atoms with Crippen molar-refractivity contribution < 1.29 is 0 Å². The first kappa shape index (κ1) is 15.4. The van der Waals surface area contributed by atoms with Gasteiger partial charge >= 0.3 is 0 Å². The first-order chi connectivity index (χ1) is 10.5. The first-order valence-corrected chi connectivity index (χ1v) is 8.29. The number of nitrogens with one attached hydrogen (secondary N) is 1. The maximum atomic E-state index is 12.1. The fraction of sp³-hybridized carbons (Fsp3) is 0.125. The van der Waals surface area contributed by atoms with Crippen molar-refractivity contribution in [2.24, 2.45) is 0 Å². The van der Waals surface area contributed by atoms with Crippen molar-refractivity contribution in [1.29, 1.82) is 0 Å². The van der Waals surface area contributed by atoms with E-state index in [9.17, 15) is 4.79 Å². The number of fused-ring (bicyclic) bond motifs is 1. The van der Waals surface area contributed by atoms with E-state index in [-0.39, 0.29) is 10.8 Å². The lowest BCUT2D eigenvalue weighted by Gasteiger charge is -2.12. The first-order valence-electron chi connectivity index (χ1n) is 6.65. The highest BCUT2D eigenvalue weighted by molar-refractivity contribution is 7.99. The topological polar surface area (TPSA) is 45.8 Å². The van der Waals surface area contributed by atoms with Gasteiger partial charge in [-0.2, -0.15) is 0 Å². The summed E-state index contributed by atoms with van der Waals surface area (Å²) >= 11 is 13.7. The summed E-state index contributed by atoms with van der Waals surface area (Å²) in [6, 6.07) is 12.6. The lowest BCUT2D eigenvalue weighted by atomic mass is 10.2. The van der Waals surface area contributed by atoms with E-state index >= 15 is 0 Å². The number of aromatic nitrogens is 2.